The topological polar surface area (TPSA) is 80.5 Å². The minimum absolute atomic E-state index is 0.473. The average Bonchev–Trinajstić information content (AvgIpc) is 2.16. The van der Waals surface area contributed by atoms with Crippen LogP contribution in [0.3, 0.4) is 0 Å². The van der Waals surface area contributed by atoms with Crippen LogP contribution in [0.5, 0.6) is 0 Å². The number of primary amides is 1. The third-order valence-corrected chi connectivity index (χ3v) is 3.74. The van der Waals surface area contributed by atoms with Gasteiger partial charge in [0.05, 0.1) is 6.54 Å². The number of carbonyl (C=O) groups excluding carboxylic acids is 1. The summed E-state index contributed by atoms with van der Waals surface area (Å²) in [5.74, 6) is -1.67. The molecule has 88 valence electrons. The minimum Gasteiger partial charge on any atom is -0.369 e. The lowest BCUT2D eigenvalue weighted by molar-refractivity contribution is -0.118. The molecule has 1 amide bonds. The zero-order valence-corrected chi connectivity index (χ0v) is 9.37. The maximum atomic E-state index is 13.3. The largest absolute Gasteiger partial charge is 0.369 e. The molecule has 0 spiro atoms. The Balaban J connectivity index is 3.12. The van der Waals surface area contributed by atoms with Gasteiger partial charge in [-0.05, 0) is 12.1 Å². The fourth-order valence-corrected chi connectivity index (χ4v) is 2.32. The van der Waals surface area contributed by atoms with Gasteiger partial charge in [-0.2, -0.15) is 4.31 Å². The Morgan fingerprint density at radius 1 is 1.44 bits per heavy atom. The maximum Gasteiger partial charge on any atom is 0.246 e. The average molecular weight is 246 g/mol. The third-order valence-electron chi connectivity index (χ3n) is 1.90. The molecule has 1 rings (SSSR count). The van der Waals surface area contributed by atoms with Crippen LogP contribution in [0, 0.1) is 5.82 Å². The van der Waals surface area contributed by atoms with E-state index in [1.165, 1.54) is 12.1 Å². The van der Waals surface area contributed by atoms with Gasteiger partial charge >= 0.3 is 0 Å². The number of sulfonamides is 1. The molecule has 0 unspecified atom stereocenters. The fraction of sp³-hybridized carbons (Fsp3) is 0.222. The van der Waals surface area contributed by atoms with E-state index < -0.39 is 33.2 Å². The second-order valence-corrected chi connectivity index (χ2v) is 5.17. The van der Waals surface area contributed by atoms with E-state index >= 15 is 0 Å². The lowest BCUT2D eigenvalue weighted by atomic mass is 10.4. The second-order valence-electron chi connectivity index (χ2n) is 3.16. The number of carbonyl (C=O) groups is 1. The molecule has 1 aromatic rings. The summed E-state index contributed by atoms with van der Waals surface area (Å²) < 4.78 is 37.5. The molecule has 0 aromatic heterocycles. The highest BCUT2D eigenvalue weighted by molar-refractivity contribution is 7.89. The summed E-state index contributed by atoms with van der Waals surface area (Å²) in [4.78, 5) is 10.1. The number of nitrogens with two attached hydrogens (primary N) is 1. The summed E-state index contributed by atoms with van der Waals surface area (Å²) in [6, 6.07) is 4.93. The molecule has 1 aromatic carbocycles. The molecule has 0 fully saturated rings. The van der Waals surface area contributed by atoms with Crippen LogP contribution in [0.25, 0.3) is 0 Å². The van der Waals surface area contributed by atoms with Crippen molar-refractivity contribution in [2.45, 2.75) is 4.90 Å². The standard InChI is InChI=1S/C9H11FN2O3S/c1-12(6-9(11)13)16(14,15)8-5-3-2-4-7(8)10/h2-5H,6H2,1H3,(H2,11,13). The van der Waals surface area contributed by atoms with Crippen molar-refractivity contribution in [2.75, 3.05) is 13.6 Å². The van der Waals surface area contributed by atoms with Crippen molar-refractivity contribution in [3.8, 4) is 0 Å². The molecule has 0 bridgehead atoms. The molecule has 0 aliphatic rings. The van der Waals surface area contributed by atoms with Crippen LogP contribution in [0.1, 0.15) is 0 Å². The van der Waals surface area contributed by atoms with Crippen molar-refractivity contribution in [1.29, 1.82) is 0 Å². The van der Waals surface area contributed by atoms with E-state index in [-0.39, 0.29) is 0 Å². The molecule has 0 radical (unpaired) electrons. The first-order valence-electron chi connectivity index (χ1n) is 4.35. The van der Waals surface area contributed by atoms with Crippen molar-refractivity contribution in [3.05, 3.63) is 30.1 Å². The normalized spacial score (nSPS) is 11.7. The Hall–Kier alpha value is -1.47. The number of nitrogens with zero attached hydrogens (tertiary/aromatic N) is 1. The van der Waals surface area contributed by atoms with E-state index in [9.17, 15) is 17.6 Å². The monoisotopic (exact) mass is 246 g/mol. The van der Waals surface area contributed by atoms with Crippen LogP contribution >= 0.6 is 0 Å². The first-order valence-corrected chi connectivity index (χ1v) is 5.79. The number of halogens is 1. The summed E-state index contributed by atoms with van der Waals surface area (Å²) >= 11 is 0. The van der Waals surface area contributed by atoms with Crippen LogP contribution in [-0.2, 0) is 14.8 Å². The summed E-state index contributed by atoms with van der Waals surface area (Å²) in [6.45, 7) is -0.489. The van der Waals surface area contributed by atoms with E-state index in [0.29, 0.717) is 4.31 Å². The van der Waals surface area contributed by atoms with Crippen molar-refractivity contribution in [1.82, 2.24) is 4.31 Å². The van der Waals surface area contributed by atoms with Crippen LogP contribution in [0.2, 0.25) is 0 Å². The van der Waals surface area contributed by atoms with Gasteiger partial charge in [-0.15, -0.1) is 0 Å². The molecular formula is C9H11FN2O3S. The van der Waals surface area contributed by atoms with Crippen LogP contribution in [0.4, 0.5) is 4.39 Å². The Labute approximate surface area is 92.7 Å². The molecule has 0 saturated carbocycles. The van der Waals surface area contributed by atoms with E-state index in [2.05, 4.69) is 0 Å². The molecular weight excluding hydrogens is 235 g/mol. The van der Waals surface area contributed by atoms with Crippen LogP contribution in [0.15, 0.2) is 29.2 Å². The summed E-state index contributed by atoms with van der Waals surface area (Å²) in [5.41, 5.74) is 4.87. The highest BCUT2D eigenvalue weighted by Crippen LogP contribution is 2.17. The number of benzene rings is 1. The number of likely N-dealkylation sites (N-methyl/N-ethyl adjacent to an activating group) is 1. The summed E-state index contributed by atoms with van der Waals surface area (Å²) in [7, 11) is -2.85. The fourth-order valence-electron chi connectivity index (χ4n) is 1.13. The van der Waals surface area contributed by atoms with Crippen LogP contribution < -0.4 is 5.73 Å². The highest BCUT2D eigenvalue weighted by atomic mass is 32.2. The van der Waals surface area contributed by atoms with Crippen LogP contribution in [-0.4, -0.2) is 32.2 Å². The highest BCUT2D eigenvalue weighted by Gasteiger charge is 2.24. The van der Waals surface area contributed by atoms with Gasteiger partial charge in [-0.3, -0.25) is 4.79 Å². The SMILES string of the molecule is CN(CC(N)=O)S(=O)(=O)c1ccccc1F. The van der Waals surface area contributed by atoms with Gasteiger partial charge in [-0.1, -0.05) is 12.1 Å². The van der Waals surface area contributed by atoms with E-state index in [1.54, 1.807) is 0 Å². The van der Waals surface area contributed by atoms with Crippen molar-refractivity contribution in [2.24, 2.45) is 5.73 Å². The Morgan fingerprint density at radius 2 is 2.00 bits per heavy atom. The lowest BCUT2D eigenvalue weighted by Gasteiger charge is -2.15. The van der Waals surface area contributed by atoms with E-state index in [1.807, 2.05) is 0 Å². The first-order chi connectivity index (χ1) is 7.35. The van der Waals surface area contributed by atoms with Gasteiger partial charge in [0.15, 0.2) is 0 Å². The van der Waals surface area contributed by atoms with Gasteiger partial charge < -0.3 is 5.73 Å². The van der Waals surface area contributed by atoms with Gasteiger partial charge in [0, 0.05) is 7.05 Å². The van der Waals surface area contributed by atoms with E-state index in [0.717, 1.165) is 19.2 Å². The van der Waals surface area contributed by atoms with Crippen molar-refractivity contribution < 1.29 is 17.6 Å². The number of rotatable bonds is 4. The third kappa shape index (κ3) is 2.56. The first kappa shape index (κ1) is 12.6. The summed E-state index contributed by atoms with van der Waals surface area (Å²) in [6.07, 6.45) is 0. The second kappa shape index (κ2) is 4.58. The summed E-state index contributed by atoms with van der Waals surface area (Å²) in [5, 5.41) is 0. The molecule has 2 N–H and O–H groups in total. The number of amides is 1. The Bertz CT molecular complexity index is 501. The van der Waals surface area contributed by atoms with Gasteiger partial charge in [0.2, 0.25) is 15.9 Å². The molecule has 7 heteroatoms. The molecule has 5 nitrogen and oxygen atoms in total. The van der Waals surface area contributed by atoms with E-state index in [4.69, 9.17) is 5.73 Å². The molecule has 0 saturated heterocycles. The zero-order valence-electron chi connectivity index (χ0n) is 8.55. The predicted octanol–water partition coefficient (Wildman–Crippen LogP) is -0.0685. The Kier molecular flexibility index (Phi) is 3.61. The Morgan fingerprint density at radius 3 is 2.50 bits per heavy atom. The van der Waals surface area contributed by atoms with Crippen molar-refractivity contribution in [3.63, 3.8) is 0 Å². The maximum absolute atomic E-state index is 13.3. The molecule has 0 atom stereocenters. The number of hydrogen-bond donors (Lipinski definition) is 1. The predicted molar refractivity (Wildman–Crippen MR) is 55.4 cm³/mol. The molecule has 0 aliphatic carbocycles. The number of hydrogen-bond acceptors (Lipinski definition) is 3. The zero-order chi connectivity index (χ0) is 12.3. The molecule has 16 heavy (non-hydrogen) atoms. The van der Waals surface area contributed by atoms with Crippen molar-refractivity contribution >= 4 is 15.9 Å². The quantitative estimate of drug-likeness (QED) is 0.807. The van der Waals surface area contributed by atoms with Gasteiger partial charge in [-0.25, -0.2) is 12.8 Å². The molecule has 0 aliphatic heterocycles. The lowest BCUT2D eigenvalue weighted by Crippen LogP contribution is -2.35. The minimum atomic E-state index is -4.01. The smallest absolute Gasteiger partial charge is 0.246 e. The van der Waals surface area contributed by atoms with Gasteiger partial charge in [0.25, 0.3) is 0 Å². The molecule has 0 heterocycles. The van der Waals surface area contributed by atoms with Gasteiger partial charge in [0.1, 0.15) is 10.7 Å².